The van der Waals surface area contributed by atoms with Crippen molar-refractivity contribution in [2.45, 2.75) is 18.4 Å². The number of benzene rings is 2. The van der Waals surface area contributed by atoms with E-state index >= 15 is 0 Å². The summed E-state index contributed by atoms with van der Waals surface area (Å²) >= 11 is 0. The van der Waals surface area contributed by atoms with Crippen molar-refractivity contribution in [2.75, 3.05) is 32.7 Å². The van der Waals surface area contributed by atoms with Crippen LogP contribution in [0.15, 0.2) is 54.6 Å². The Hall–Kier alpha value is -2.90. The van der Waals surface area contributed by atoms with Crippen molar-refractivity contribution in [2.24, 2.45) is 0 Å². The number of anilines is 1. The molecule has 148 valence electrons. The van der Waals surface area contributed by atoms with E-state index in [0.717, 1.165) is 11.1 Å². The smallest absolute Gasteiger partial charge is 0.411 e. The SMILES string of the molecule is CON(C)C(=O)CC1(c2cccc(NC(=O)OCc3ccccc3)c2)COC1. The van der Waals surface area contributed by atoms with E-state index in [-0.39, 0.29) is 18.9 Å². The molecule has 0 atom stereocenters. The van der Waals surface area contributed by atoms with Crippen LogP contribution in [0.3, 0.4) is 0 Å². The third kappa shape index (κ3) is 4.68. The zero-order chi connectivity index (χ0) is 20.0. The van der Waals surface area contributed by atoms with Crippen molar-refractivity contribution >= 4 is 17.7 Å². The lowest BCUT2D eigenvalue weighted by atomic mass is 9.75. The maximum atomic E-state index is 12.3. The van der Waals surface area contributed by atoms with Crippen LogP contribution < -0.4 is 5.32 Å². The Morgan fingerprint density at radius 2 is 1.89 bits per heavy atom. The fraction of sp³-hybridized carbons (Fsp3) is 0.333. The van der Waals surface area contributed by atoms with Crippen LogP contribution in [0.25, 0.3) is 0 Å². The summed E-state index contributed by atoms with van der Waals surface area (Å²) in [6.45, 7) is 1.08. The molecule has 7 nitrogen and oxygen atoms in total. The predicted molar refractivity (Wildman–Crippen MR) is 104 cm³/mol. The fourth-order valence-corrected chi connectivity index (χ4v) is 3.03. The van der Waals surface area contributed by atoms with Gasteiger partial charge in [0.05, 0.1) is 25.7 Å². The van der Waals surface area contributed by atoms with Crippen molar-refractivity contribution < 1.29 is 23.9 Å². The molecule has 28 heavy (non-hydrogen) atoms. The number of carbonyl (C=O) groups excluding carboxylic acids is 2. The minimum Gasteiger partial charge on any atom is -0.444 e. The van der Waals surface area contributed by atoms with E-state index in [2.05, 4.69) is 5.32 Å². The molecule has 1 saturated heterocycles. The van der Waals surface area contributed by atoms with Crippen LogP contribution in [0.5, 0.6) is 0 Å². The van der Waals surface area contributed by atoms with Crippen LogP contribution >= 0.6 is 0 Å². The number of hydrogen-bond donors (Lipinski definition) is 1. The van der Waals surface area contributed by atoms with Gasteiger partial charge in [0.2, 0.25) is 5.91 Å². The van der Waals surface area contributed by atoms with Gasteiger partial charge in [-0.1, -0.05) is 42.5 Å². The molecular formula is C21H24N2O5. The second-order valence-electron chi connectivity index (χ2n) is 6.79. The van der Waals surface area contributed by atoms with E-state index in [9.17, 15) is 9.59 Å². The van der Waals surface area contributed by atoms with Crippen LogP contribution in [0, 0.1) is 0 Å². The Bertz CT molecular complexity index is 821. The molecule has 0 radical (unpaired) electrons. The Labute approximate surface area is 164 Å². The summed E-state index contributed by atoms with van der Waals surface area (Å²) in [6.07, 6.45) is -0.269. The molecule has 1 aliphatic rings. The van der Waals surface area contributed by atoms with Gasteiger partial charge in [0.1, 0.15) is 6.61 Å². The number of hydroxylamine groups is 2. The molecule has 1 N–H and O–H groups in total. The van der Waals surface area contributed by atoms with E-state index in [1.165, 1.54) is 12.2 Å². The first-order valence-electron chi connectivity index (χ1n) is 8.99. The van der Waals surface area contributed by atoms with Crippen molar-refractivity contribution in [3.05, 3.63) is 65.7 Å². The zero-order valence-corrected chi connectivity index (χ0v) is 16.0. The maximum absolute atomic E-state index is 12.3. The summed E-state index contributed by atoms with van der Waals surface area (Å²) in [6, 6.07) is 16.9. The predicted octanol–water partition coefficient (Wildman–Crippen LogP) is 3.11. The van der Waals surface area contributed by atoms with Crippen LogP contribution in [0.4, 0.5) is 10.5 Å². The lowest BCUT2D eigenvalue weighted by Gasteiger charge is -2.42. The highest BCUT2D eigenvalue weighted by atomic mass is 16.7. The van der Waals surface area contributed by atoms with Crippen molar-refractivity contribution in [1.29, 1.82) is 0 Å². The molecule has 2 aromatic carbocycles. The summed E-state index contributed by atoms with van der Waals surface area (Å²) in [7, 11) is 3.03. The lowest BCUT2D eigenvalue weighted by molar-refractivity contribution is -0.175. The summed E-state index contributed by atoms with van der Waals surface area (Å²) in [5, 5.41) is 3.95. The van der Waals surface area contributed by atoms with Gasteiger partial charge >= 0.3 is 6.09 Å². The molecule has 2 aromatic rings. The molecule has 0 aromatic heterocycles. The lowest BCUT2D eigenvalue weighted by Crippen LogP contribution is -2.50. The van der Waals surface area contributed by atoms with Gasteiger partial charge in [0.25, 0.3) is 0 Å². The van der Waals surface area contributed by atoms with E-state index in [1.54, 1.807) is 13.1 Å². The maximum Gasteiger partial charge on any atom is 0.411 e. The number of rotatable bonds is 7. The monoisotopic (exact) mass is 384 g/mol. The Kier molecular flexibility index (Phi) is 6.28. The molecule has 1 fully saturated rings. The van der Waals surface area contributed by atoms with Gasteiger partial charge in [-0.2, -0.15) is 0 Å². The van der Waals surface area contributed by atoms with Gasteiger partial charge < -0.3 is 9.47 Å². The number of hydrogen-bond acceptors (Lipinski definition) is 5. The summed E-state index contributed by atoms with van der Waals surface area (Å²) in [5.74, 6) is -0.133. The van der Waals surface area contributed by atoms with Gasteiger partial charge in [-0.15, -0.1) is 0 Å². The largest absolute Gasteiger partial charge is 0.444 e. The van der Waals surface area contributed by atoms with Gasteiger partial charge in [0.15, 0.2) is 0 Å². The average molecular weight is 384 g/mol. The first-order chi connectivity index (χ1) is 13.5. The molecule has 0 unspecified atom stereocenters. The molecule has 2 amide bonds. The molecular weight excluding hydrogens is 360 g/mol. The normalized spacial score (nSPS) is 14.6. The molecule has 3 rings (SSSR count). The van der Waals surface area contributed by atoms with Crippen molar-refractivity contribution in [3.63, 3.8) is 0 Å². The van der Waals surface area contributed by atoms with E-state index in [4.69, 9.17) is 14.3 Å². The number of amides is 2. The first kappa shape index (κ1) is 19.9. The molecule has 1 aliphatic heterocycles. The summed E-state index contributed by atoms with van der Waals surface area (Å²) in [4.78, 5) is 29.4. The molecule has 1 heterocycles. The topological polar surface area (TPSA) is 77.1 Å². The van der Waals surface area contributed by atoms with Crippen LogP contribution in [0.1, 0.15) is 17.5 Å². The minimum atomic E-state index is -0.532. The Morgan fingerprint density at radius 1 is 1.14 bits per heavy atom. The van der Waals surface area contributed by atoms with E-state index in [1.807, 2.05) is 48.5 Å². The van der Waals surface area contributed by atoms with Gasteiger partial charge in [-0.05, 0) is 23.3 Å². The summed E-state index contributed by atoms with van der Waals surface area (Å²) < 4.78 is 10.6. The van der Waals surface area contributed by atoms with Crippen molar-refractivity contribution in [3.8, 4) is 0 Å². The molecule has 0 bridgehead atoms. The zero-order valence-electron chi connectivity index (χ0n) is 16.0. The Morgan fingerprint density at radius 3 is 2.54 bits per heavy atom. The highest BCUT2D eigenvalue weighted by molar-refractivity contribution is 5.85. The second-order valence-corrected chi connectivity index (χ2v) is 6.79. The average Bonchev–Trinajstić information content (AvgIpc) is 2.69. The highest BCUT2D eigenvalue weighted by Gasteiger charge is 2.43. The van der Waals surface area contributed by atoms with Crippen LogP contribution in [-0.2, 0) is 31.1 Å². The molecule has 0 spiro atoms. The highest BCUT2D eigenvalue weighted by Crippen LogP contribution is 2.37. The quantitative estimate of drug-likeness (QED) is 0.742. The molecule has 0 saturated carbocycles. The number of carbonyl (C=O) groups is 2. The number of ether oxygens (including phenoxy) is 2. The van der Waals surface area contributed by atoms with Gasteiger partial charge in [-0.25, -0.2) is 9.86 Å². The molecule has 0 aliphatic carbocycles. The number of nitrogens with zero attached hydrogens (tertiary/aromatic N) is 1. The number of nitrogens with one attached hydrogen (secondary N) is 1. The van der Waals surface area contributed by atoms with Crippen molar-refractivity contribution in [1.82, 2.24) is 5.06 Å². The van der Waals surface area contributed by atoms with E-state index < -0.39 is 11.5 Å². The minimum absolute atomic E-state index is 0.133. The van der Waals surface area contributed by atoms with Crippen LogP contribution in [0.2, 0.25) is 0 Å². The molecule has 7 heteroatoms. The third-order valence-corrected chi connectivity index (χ3v) is 4.81. The Balaban J connectivity index is 1.64. The first-order valence-corrected chi connectivity index (χ1v) is 8.99. The standard InChI is InChI=1S/C21H24N2O5/c1-23(26-2)19(24)12-21(14-27-15-21)17-9-6-10-18(11-17)22-20(25)28-13-16-7-4-3-5-8-16/h3-11H,12-15H2,1-2H3,(H,22,25). The van der Waals surface area contributed by atoms with E-state index in [0.29, 0.717) is 18.9 Å². The summed E-state index contributed by atoms with van der Waals surface area (Å²) in [5.41, 5.74) is 2.03. The van der Waals surface area contributed by atoms with Crippen LogP contribution in [-0.4, -0.2) is 44.4 Å². The van der Waals surface area contributed by atoms with Gasteiger partial charge in [0, 0.05) is 19.2 Å². The second kappa shape index (κ2) is 8.86. The van der Waals surface area contributed by atoms with Gasteiger partial charge in [-0.3, -0.25) is 14.9 Å². The third-order valence-electron chi connectivity index (χ3n) is 4.81. The fourth-order valence-electron chi connectivity index (χ4n) is 3.03.